The lowest BCUT2D eigenvalue weighted by Gasteiger charge is -2.24. The second-order valence-corrected chi connectivity index (χ2v) is 4.59. The molecule has 0 saturated heterocycles. The van der Waals surface area contributed by atoms with E-state index in [1.54, 1.807) is 13.3 Å². The maximum Gasteiger partial charge on any atom is 0.272 e. The number of anilines is 1. The van der Waals surface area contributed by atoms with Gasteiger partial charge >= 0.3 is 0 Å². The van der Waals surface area contributed by atoms with Crippen LogP contribution >= 0.6 is 0 Å². The molecule has 0 unspecified atom stereocenters. The van der Waals surface area contributed by atoms with Crippen molar-refractivity contribution in [1.29, 1.82) is 0 Å². The summed E-state index contributed by atoms with van der Waals surface area (Å²) in [5.74, 6) is 0.332. The summed E-state index contributed by atoms with van der Waals surface area (Å²) < 4.78 is 5.04. The molecule has 1 aromatic heterocycles. The van der Waals surface area contributed by atoms with Crippen LogP contribution in [0.1, 0.15) is 31.3 Å². The minimum atomic E-state index is -0.443. The molecular weight excluding hydrogens is 232 g/mol. The van der Waals surface area contributed by atoms with Gasteiger partial charge in [0.15, 0.2) is 0 Å². The Morgan fingerprint density at radius 2 is 2.17 bits per heavy atom. The lowest BCUT2D eigenvalue weighted by molar-refractivity contribution is 0.0815. The van der Waals surface area contributed by atoms with Crippen LogP contribution in [-0.2, 0) is 4.74 Å². The SMILES string of the molecule is CCNc1cncc(C(=O)NC(C)(C)COC)n1. The fourth-order valence-corrected chi connectivity index (χ4v) is 1.51. The van der Waals surface area contributed by atoms with Gasteiger partial charge in [0.1, 0.15) is 11.5 Å². The van der Waals surface area contributed by atoms with E-state index in [-0.39, 0.29) is 11.6 Å². The third-order valence-corrected chi connectivity index (χ3v) is 2.18. The molecule has 1 rings (SSSR count). The average Bonchev–Trinajstić information content (AvgIpc) is 2.29. The maximum absolute atomic E-state index is 12.0. The zero-order chi connectivity index (χ0) is 13.6. The Kier molecular flexibility index (Phi) is 5.03. The summed E-state index contributed by atoms with van der Waals surface area (Å²) in [4.78, 5) is 20.2. The molecule has 18 heavy (non-hydrogen) atoms. The summed E-state index contributed by atoms with van der Waals surface area (Å²) in [6, 6.07) is 0. The van der Waals surface area contributed by atoms with Crippen molar-refractivity contribution >= 4 is 11.7 Å². The van der Waals surface area contributed by atoms with Crippen LogP contribution in [0.25, 0.3) is 0 Å². The van der Waals surface area contributed by atoms with Crippen LogP contribution in [0.3, 0.4) is 0 Å². The van der Waals surface area contributed by atoms with Crippen LogP contribution in [0.5, 0.6) is 0 Å². The Balaban J connectivity index is 2.75. The number of hydrogen-bond acceptors (Lipinski definition) is 5. The van der Waals surface area contributed by atoms with Gasteiger partial charge in [-0.05, 0) is 20.8 Å². The normalized spacial score (nSPS) is 11.1. The van der Waals surface area contributed by atoms with Crippen molar-refractivity contribution in [2.45, 2.75) is 26.3 Å². The number of nitrogens with one attached hydrogen (secondary N) is 2. The molecule has 1 aromatic rings. The molecule has 0 spiro atoms. The molecule has 0 radical (unpaired) electrons. The molecule has 6 heteroatoms. The van der Waals surface area contributed by atoms with Crippen LogP contribution in [0.4, 0.5) is 5.82 Å². The standard InChI is InChI=1S/C12H20N4O2/c1-5-14-10-7-13-6-9(15-10)11(17)16-12(2,3)8-18-4/h6-7H,5,8H2,1-4H3,(H,14,15)(H,16,17). The van der Waals surface area contributed by atoms with Crippen LogP contribution < -0.4 is 10.6 Å². The monoisotopic (exact) mass is 252 g/mol. The fourth-order valence-electron chi connectivity index (χ4n) is 1.51. The lowest BCUT2D eigenvalue weighted by Crippen LogP contribution is -2.47. The summed E-state index contributed by atoms with van der Waals surface area (Å²) in [5.41, 5.74) is -0.153. The number of aromatic nitrogens is 2. The van der Waals surface area contributed by atoms with E-state index in [0.29, 0.717) is 12.4 Å². The predicted molar refractivity (Wildman–Crippen MR) is 69.6 cm³/mol. The van der Waals surface area contributed by atoms with E-state index in [0.717, 1.165) is 6.54 Å². The van der Waals surface area contributed by atoms with Gasteiger partial charge in [-0.2, -0.15) is 0 Å². The number of carbonyl (C=O) groups is 1. The molecule has 0 fully saturated rings. The zero-order valence-electron chi connectivity index (χ0n) is 11.3. The smallest absolute Gasteiger partial charge is 0.272 e. The van der Waals surface area contributed by atoms with Crippen LogP contribution in [0.15, 0.2) is 12.4 Å². The highest BCUT2D eigenvalue weighted by Gasteiger charge is 2.21. The summed E-state index contributed by atoms with van der Waals surface area (Å²) in [5, 5.41) is 5.86. The molecule has 0 aromatic carbocycles. The van der Waals surface area contributed by atoms with Gasteiger partial charge in [-0.25, -0.2) is 4.98 Å². The highest BCUT2D eigenvalue weighted by molar-refractivity contribution is 5.92. The molecular formula is C12H20N4O2. The Morgan fingerprint density at radius 1 is 1.44 bits per heavy atom. The molecule has 0 aliphatic carbocycles. The van der Waals surface area contributed by atoms with E-state index >= 15 is 0 Å². The van der Waals surface area contributed by atoms with E-state index in [1.807, 2.05) is 20.8 Å². The Bertz CT molecular complexity index is 407. The molecule has 0 aliphatic rings. The highest BCUT2D eigenvalue weighted by Crippen LogP contribution is 2.06. The number of carbonyl (C=O) groups excluding carboxylic acids is 1. The van der Waals surface area contributed by atoms with Gasteiger partial charge in [0.2, 0.25) is 0 Å². The van der Waals surface area contributed by atoms with Crippen molar-refractivity contribution < 1.29 is 9.53 Å². The minimum Gasteiger partial charge on any atom is -0.382 e. The van der Waals surface area contributed by atoms with Crippen molar-refractivity contribution in [3.8, 4) is 0 Å². The van der Waals surface area contributed by atoms with Gasteiger partial charge in [0.05, 0.1) is 24.5 Å². The Morgan fingerprint density at radius 3 is 2.78 bits per heavy atom. The number of nitrogens with zero attached hydrogens (tertiary/aromatic N) is 2. The quantitative estimate of drug-likeness (QED) is 0.792. The molecule has 0 saturated carbocycles. The molecule has 1 amide bonds. The number of rotatable bonds is 6. The first-order valence-electron chi connectivity index (χ1n) is 5.86. The molecule has 0 atom stereocenters. The number of amides is 1. The second kappa shape index (κ2) is 6.30. The molecule has 1 heterocycles. The van der Waals surface area contributed by atoms with Crippen molar-refractivity contribution in [1.82, 2.24) is 15.3 Å². The molecule has 0 aliphatic heterocycles. The largest absolute Gasteiger partial charge is 0.382 e. The first-order chi connectivity index (χ1) is 8.48. The second-order valence-electron chi connectivity index (χ2n) is 4.59. The first-order valence-corrected chi connectivity index (χ1v) is 5.86. The molecule has 100 valence electrons. The lowest BCUT2D eigenvalue weighted by atomic mass is 10.1. The van der Waals surface area contributed by atoms with Crippen molar-refractivity contribution in [3.05, 3.63) is 18.1 Å². The predicted octanol–water partition coefficient (Wildman–Crippen LogP) is 1.06. The van der Waals surface area contributed by atoms with Gasteiger partial charge in [0.25, 0.3) is 5.91 Å². The summed E-state index contributed by atoms with van der Waals surface area (Å²) in [7, 11) is 1.60. The fraction of sp³-hybridized carbons (Fsp3) is 0.583. The van der Waals surface area contributed by atoms with E-state index in [4.69, 9.17) is 4.74 Å². The zero-order valence-corrected chi connectivity index (χ0v) is 11.3. The van der Waals surface area contributed by atoms with Gasteiger partial charge in [-0.1, -0.05) is 0 Å². The Hall–Kier alpha value is -1.69. The van der Waals surface area contributed by atoms with Crippen LogP contribution in [0, 0.1) is 0 Å². The summed E-state index contributed by atoms with van der Waals surface area (Å²) in [6.45, 7) is 6.88. The third kappa shape index (κ3) is 4.29. The summed E-state index contributed by atoms with van der Waals surface area (Å²) in [6.07, 6.45) is 3.03. The van der Waals surface area contributed by atoms with E-state index in [1.165, 1.54) is 6.20 Å². The van der Waals surface area contributed by atoms with Crippen molar-refractivity contribution in [2.75, 3.05) is 25.6 Å². The average molecular weight is 252 g/mol. The van der Waals surface area contributed by atoms with Crippen molar-refractivity contribution in [2.24, 2.45) is 0 Å². The minimum absolute atomic E-state index is 0.260. The maximum atomic E-state index is 12.0. The van der Waals surface area contributed by atoms with Gasteiger partial charge in [0, 0.05) is 13.7 Å². The van der Waals surface area contributed by atoms with E-state index in [2.05, 4.69) is 20.6 Å². The summed E-state index contributed by atoms with van der Waals surface area (Å²) >= 11 is 0. The van der Waals surface area contributed by atoms with Crippen LogP contribution in [-0.4, -0.2) is 41.7 Å². The topological polar surface area (TPSA) is 76.1 Å². The number of hydrogen-bond donors (Lipinski definition) is 2. The molecule has 0 bridgehead atoms. The molecule has 2 N–H and O–H groups in total. The number of methoxy groups -OCH3 is 1. The number of ether oxygens (including phenoxy) is 1. The highest BCUT2D eigenvalue weighted by atomic mass is 16.5. The van der Waals surface area contributed by atoms with E-state index in [9.17, 15) is 4.79 Å². The van der Waals surface area contributed by atoms with Gasteiger partial charge in [-0.3, -0.25) is 9.78 Å². The first kappa shape index (κ1) is 14.4. The van der Waals surface area contributed by atoms with E-state index < -0.39 is 5.54 Å². The molecule has 6 nitrogen and oxygen atoms in total. The Labute approximate surface area is 107 Å². The van der Waals surface area contributed by atoms with Crippen molar-refractivity contribution in [3.63, 3.8) is 0 Å². The van der Waals surface area contributed by atoms with Gasteiger partial charge in [-0.15, -0.1) is 0 Å². The third-order valence-electron chi connectivity index (χ3n) is 2.18. The van der Waals surface area contributed by atoms with Crippen LogP contribution in [0.2, 0.25) is 0 Å². The van der Waals surface area contributed by atoms with Gasteiger partial charge < -0.3 is 15.4 Å².